The first-order chi connectivity index (χ1) is 14.9. The Hall–Kier alpha value is -2.98. The van der Waals surface area contributed by atoms with Crippen molar-refractivity contribution in [3.05, 3.63) is 78.3 Å². The number of anilines is 1. The number of benzene rings is 2. The molecule has 0 radical (unpaired) electrons. The Kier molecular flexibility index (Phi) is 6.19. The summed E-state index contributed by atoms with van der Waals surface area (Å²) in [5, 5.41) is 22.2. The maximum absolute atomic E-state index is 13.0. The molecule has 2 heterocycles. The number of hydrogen-bond acceptors (Lipinski definition) is 6. The first-order valence-corrected chi connectivity index (χ1v) is 10.4. The second-order valence-electron chi connectivity index (χ2n) is 6.83. The van der Waals surface area contributed by atoms with Gasteiger partial charge in [0, 0.05) is 17.1 Å². The van der Waals surface area contributed by atoms with E-state index in [0.29, 0.717) is 23.3 Å². The zero-order chi connectivity index (χ0) is 21.8. The molecule has 6 nitrogen and oxygen atoms in total. The van der Waals surface area contributed by atoms with Crippen LogP contribution in [0.1, 0.15) is 17.3 Å². The van der Waals surface area contributed by atoms with Crippen molar-refractivity contribution in [3.63, 3.8) is 0 Å². The number of nitrogens with one attached hydrogen (secondary N) is 1. The number of aromatic nitrogens is 3. The van der Waals surface area contributed by atoms with Gasteiger partial charge in [-0.25, -0.2) is 0 Å². The summed E-state index contributed by atoms with van der Waals surface area (Å²) in [5.41, 5.74) is 0.543. The molecule has 31 heavy (non-hydrogen) atoms. The minimum absolute atomic E-state index is 0.170. The highest BCUT2D eigenvalue weighted by Crippen LogP contribution is 2.32. The summed E-state index contributed by atoms with van der Waals surface area (Å²) in [7, 11) is 0. The minimum atomic E-state index is -4.42. The van der Waals surface area contributed by atoms with Crippen LogP contribution in [0.2, 0.25) is 0 Å². The molecule has 162 valence electrons. The van der Waals surface area contributed by atoms with E-state index in [0.717, 1.165) is 17.8 Å². The molecule has 3 aromatic rings. The predicted molar refractivity (Wildman–Crippen MR) is 111 cm³/mol. The van der Waals surface area contributed by atoms with Crippen molar-refractivity contribution in [2.24, 2.45) is 0 Å². The fraction of sp³-hybridized carbons (Fsp3) is 0.238. The van der Waals surface area contributed by atoms with E-state index in [-0.39, 0.29) is 11.7 Å². The van der Waals surface area contributed by atoms with Crippen LogP contribution in [0.4, 0.5) is 18.9 Å². The standard InChI is InChI=1S/C21H19F3N4O2S/c22-21(23,24)15-6-8-17(9-7-15)28-19(14-10-11-30-12-14)26-27-20(28)31-13-18(29)25-16-4-2-1-3-5-16/h1-11,14,18,25,29H,12-13H2. The molecular formula is C21H19F3N4O2S. The second-order valence-corrected chi connectivity index (χ2v) is 7.81. The van der Waals surface area contributed by atoms with E-state index in [9.17, 15) is 18.3 Å². The van der Waals surface area contributed by atoms with Gasteiger partial charge < -0.3 is 15.2 Å². The molecule has 1 aliphatic heterocycles. The van der Waals surface area contributed by atoms with Gasteiger partial charge in [0.2, 0.25) is 0 Å². The number of hydrogen-bond donors (Lipinski definition) is 2. The smallest absolute Gasteiger partial charge is 0.416 e. The molecule has 10 heteroatoms. The summed E-state index contributed by atoms with van der Waals surface area (Å²) in [6, 6.07) is 14.1. The summed E-state index contributed by atoms with van der Waals surface area (Å²) in [4.78, 5) is 0. The van der Waals surface area contributed by atoms with Crippen LogP contribution in [-0.4, -0.2) is 38.5 Å². The molecule has 0 saturated carbocycles. The number of rotatable bonds is 7. The van der Waals surface area contributed by atoms with Crippen molar-refractivity contribution >= 4 is 17.4 Å². The van der Waals surface area contributed by atoms with Crippen LogP contribution < -0.4 is 5.32 Å². The maximum Gasteiger partial charge on any atom is 0.416 e. The number of ether oxygens (including phenoxy) is 1. The Morgan fingerprint density at radius 2 is 1.87 bits per heavy atom. The third kappa shape index (κ3) is 5.02. The van der Waals surface area contributed by atoms with E-state index >= 15 is 0 Å². The van der Waals surface area contributed by atoms with Gasteiger partial charge in [0.1, 0.15) is 18.7 Å². The van der Waals surface area contributed by atoms with Gasteiger partial charge in [0.25, 0.3) is 0 Å². The van der Waals surface area contributed by atoms with Gasteiger partial charge in [-0.2, -0.15) is 13.2 Å². The first kappa shape index (κ1) is 21.3. The van der Waals surface area contributed by atoms with E-state index in [1.165, 1.54) is 23.9 Å². The lowest BCUT2D eigenvalue weighted by Gasteiger charge is -2.16. The van der Waals surface area contributed by atoms with Crippen molar-refractivity contribution < 1.29 is 23.0 Å². The molecule has 0 aliphatic carbocycles. The highest BCUT2D eigenvalue weighted by atomic mass is 32.2. The average Bonchev–Trinajstić information content (AvgIpc) is 3.42. The largest absolute Gasteiger partial charge is 0.500 e. The van der Waals surface area contributed by atoms with Crippen LogP contribution in [0.5, 0.6) is 0 Å². The third-order valence-corrected chi connectivity index (χ3v) is 5.61. The fourth-order valence-electron chi connectivity index (χ4n) is 3.10. The summed E-state index contributed by atoms with van der Waals surface area (Å²) in [6.07, 6.45) is -1.88. The molecular weight excluding hydrogens is 429 g/mol. The van der Waals surface area contributed by atoms with Crippen LogP contribution in [0.3, 0.4) is 0 Å². The predicted octanol–water partition coefficient (Wildman–Crippen LogP) is 4.44. The van der Waals surface area contributed by atoms with E-state index in [1.54, 1.807) is 10.8 Å². The lowest BCUT2D eigenvalue weighted by Crippen LogP contribution is -2.21. The SMILES string of the molecule is OC(CSc1nnc(C2C=COC2)n1-c1ccc(C(F)(F)F)cc1)Nc1ccccc1. The highest BCUT2D eigenvalue weighted by molar-refractivity contribution is 7.99. The number of aliphatic hydroxyl groups is 1. The minimum Gasteiger partial charge on any atom is -0.500 e. The second kappa shape index (κ2) is 9.03. The van der Waals surface area contributed by atoms with E-state index in [4.69, 9.17) is 4.74 Å². The van der Waals surface area contributed by atoms with Crippen LogP contribution in [0, 0.1) is 0 Å². The lowest BCUT2D eigenvalue weighted by atomic mass is 10.1. The van der Waals surface area contributed by atoms with Crippen LogP contribution in [0.15, 0.2) is 72.1 Å². The maximum atomic E-state index is 13.0. The quantitative estimate of drug-likeness (QED) is 0.411. The molecule has 0 bridgehead atoms. The van der Waals surface area contributed by atoms with Crippen LogP contribution >= 0.6 is 11.8 Å². The molecule has 2 N–H and O–H groups in total. The molecule has 2 atom stereocenters. The Balaban J connectivity index is 1.57. The van der Waals surface area contributed by atoms with Gasteiger partial charge >= 0.3 is 6.18 Å². The monoisotopic (exact) mass is 448 g/mol. The topological polar surface area (TPSA) is 72.2 Å². The number of alkyl halides is 3. The van der Waals surface area contributed by atoms with Gasteiger partial charge in [-0.05, 0) is 42.5 Å². The molecule has 0 amide bonds. The Bertz CT molecular complexity index is 1040. The van der Waals surface area contributed by atoms with E-state index in [1.807, 2.05) is 36.4 Å². The number of thioether (sulfide) groups is 1. The van der Waals surface area contributed by atoms with Crippen LogP contribution in [-0.2, 0) is 10.9 Å². The highest BCUT2D eigenvalue weighted by Gasteiger charge is 2.30. The number of para-hydroxylation sites is 1. The van der Waals surface area contributed by atoms with Gasteiger partial charge in [0.05, 0.1) is 17.7 Å². The number of aliphatic hydroxyl groups excluding tert-OH is 1. The van der Waals surface area contributed by atoms with E-state index in [2.05, 4.69) is 15.5 Å². The summed E-state index contributed by atoms with van der Waals surface area (Å²) in [5.74, 6) is 0.642. The van der Waals surface area contributed by atoms with Crippen molar-refractivity contribution in [1.29, 1.82) is 0 Å². The van der Waals surface area contributed by atoms with Gasteiger partial charge in [0.15, 0.2) is 5.16 Å². The fourth-order valence-corrected chi connectivity index (χ4v) is 3.92. The third-order valence-electron chi connectivity index (χ3n) is 4.60. The summed E-state index contributed by atoms with van der Waals surface area (Å²) in [6.45, 7) is 0.377. The molecule has 0 saturated heterocycles. The molecule has 4 rings (SSSR count). The molecule has 0 spiro atoms. The van der Waals surface area contributed by atoms with Crippen molar-refractivity contribution in [1.82, 2.24) is 14.8 Å². The van der Waals surface area contributed by atoms with Gasteiger partial charge in [-0.1, -0.05) is 30.0 Å². The van der Waals surface area contributed by atoms with Gasteiger partial charge in [-0.3, -0.25) is 4.57 Å². The van der Waals surface area contributed by atoms with Crippen molar-refractivity contribution in [3.8, 4) is 5.69 Å². The molecule has 2 unspecified atom stereocenters. The Labute approximate surface area is 180 Å². The molecule has 2 aromatic carbocycles. The Morgan fingerprint density at radius 3 is 2.52 bits per heavy atom. The molecule has 1 aromatic heterocycles. The van der Waals surface area contributed by atoms with Crippen molar-refractivity contribution in [2.75, 3.05) is 17.7 Å². The van der Waals surface area contributed by atoms with E-state index < -0.39 is 18.0 Å². The summed E-state index contributed by atoms with van der Waals surface area (Å²) < 4.78 is 45.8. The zero-order valence-corrected chi connectivity index (χ0v) is 17.0. The lowest BCUT2D eigenvalue weighted by molar-refractivity contribution is -0.137. The number of nitrogens with zero attached hydrogens (tertiary/aromatic N) is 3. The zero-order valence-electron chi connectivity index (χ0n) is 16.2. The normalized spacial score (nSPS) is 16.8. The summed E-state index contributed by atoms with van der Waals surface area (Å²) >= 11 is 1.25. The van der Waals surface area contributed by atoms with Crippen LogP contribution in [0.25, 0.3) is 5.69 Å². The Morgan fingerprint density at radius 1 is 1.13 bits per heavy atom. The molecule has 1 aliphatic rings. The molecule has 0 fully saturated rings. The van der Waals surface area contributed by atoms with Crippen molar-refractivity contribution in [2.45, 2.75) is 23.5 Å². The van der Waals surface area contributed by atoms with Gasteiger partial charge in [-0.15, -0.1) is 10.2 Å². The number of halogens is 3. The average molecular weight is 448 g/mol. The first-order valence-electron chi connectivity index (χ1n) is 9.45.